The molecule has 1 saturated carbocycles. The molecule has 0 aromatic carbocycles. The third-order valence-electron chi connectivity index (χ3n) is 7.01. The summed E-state index contributed by atoms with van der Waals surface area (Å²) in [6, 6.07) is 1.77. The third kappa shape index (κ3) is 2.52. The largest absolute Gasteiger partial charge is 0.472 e. The van der Waals surface area contributed by atoms with Crippen LogP contribution >= 0.6 is 0 Å². The highest BCUT2D eigenvalue weighted by Gasteiger charge is 2.69. The van der Waals surface area contributed by atoms with E-state index in [4.69, 9.17) is 18.6 Å². The molecule has 0 bridgehead atoms. The highest BCUT2D eigenvalue weighted by atomic mass is 16.6. The Morgan fingerprint density at radius 1 is 1.24 bits per heavy atom. The second-order valence-corrected chi connectivity index (χ2v) is 8.03. The molecule has 7 heteroatoms. The van der Waals surface area contributed by atoms with Gasteiger partial charge in [-0.05, 0) is 24.8 Å². The van der Waals surface area contributed by atoms with Gasteiger partial charge in [0, 0.05) is 17.9 Å². The van der Waals surface area contributed by atoms with Crippen molar-refractivity contribution in [2.75, 3.05) is 14.2 Å². The average molecular weight is 400 g/mol. The first-order valence-corrected chi connectivity index (χ1v) is 9.70. The third-order valence-corrected chi connectivity index (χ3v) is 7.01. The van der Waals surface area contributed by atoms with E-state index >= 15 is 0 Å². The van der Waals surface area contributed by atoms with Crippen LogP contribution in [0, 0.1) is 22.7 Å². The maximum Gasteiger partial charge on any atom is 0.334 e. The second kappa shape index (κ2) is 6.90. The number of esters is 3. The molecule has 1 aliphatic heterocycles. The zero-order valence-corrected chi connectivity index (χ0v) is 16.7. The van der Waals surface area contributed by atoms with E-state index in [9.17, 15) is 14.4 Å². The lowest BCUT2D eigenvalue weighted by Crippen LogP contribution is -2.58. The van der Waals surface area contributed by atoms with Gasteiger partial charge in [-0.1, -0.05) is 25.2 Å². The van der Waals surface area contributed by atoms with E-state index in [0.717, 1.165) is 5.56 Å². The van der Waals surface area contributed by atoms with Crippen molar-refractivity contribution in [3.63, 3.8) is 0 Å². The number of fused-ring (bicyclic) bond motifs is 2. The maximum absolute atomic E-state index is 13.3. The molecular weight excluding hydrogens is 376 g/mol. The van der Waals surface area contributed by atoms with Crippen molar-refractivity contribution in [1.29, 1.82) is 0 Å². The molecule has 2 heterocycles. The van der Waals surface area contributed by atoms with E-state index in [-0.39, 0.29) is 17.5 Å². The lowest BCUT2D eigenvalue weighted by molar-refractivity contribution is -0.172. The first-order chi connectivity index (χ1) is 13.9. The lowest BCUT2D eigenvalue weighted by atomic mass is 9.47. The number of cyclic esters (lactones) is 1. The van der Waals surface area contributed by atoms with Crippen LogP contribution in [0.3, 0.4) is 0 Å². The Morgan fingerprint density at radius 3 is 2.69 bits per heavy atom. The smallest absolute Gasteiger partial charge is 0.334 e. The summed E-state index contributed by atoms with van der Waals surface area (Å²) >= 11 is 0. The molecule has 7 nitrogen and oxygen atoms in total. The summed E-state index contributed by atoms with van der Waals surface area (Å²) < 4.78 is 21.1. The maximum atomic E-state index is 13.3. The summed E-state index contributed by atoms with van der Waals surface area (Å²) in [5.41, 5.74) is -1.24. The minimum atomic E-state index is -1.28. The van der Waals surface area contributed by atoms with Crippen molar-refractivity contribution in [3.8, 4) is 0 Å². The van der Waals surface area contributed by atoms with Gasteiger partial charge in [-0.15, -0.1) is 0 Å². The topological polar surface area (TPSA) is 92.0 Å². The molecule has 1 aromatic heterocycles. The molecule has 0 N–H and O–H groups in total. The Kier molecular flexibility index (Phi) is 4.63. The molecule has 2 fully saturated rings. The van der Waals surface area contributed by atoms with Crippen LogP contribution in [0.5, 0.6) is 0 Å². The summed E-state index contributed by atoms with van der Waals surface area (Å²) in [6.07, 6.45) is 9.16. The predicted molar refractivity (Wildman–Crippen MR) is 100 cm³/mol. The summed E-state index contributed by atoms with van der Waals surface area (Å²) in [6.45, 7) is 2.00. The normalized spacial score (nSPS) is 35.6. The Balaban J connectivity index is 1.85. The molecule has 0 radical (unpaired) electrons. The monoisotopic (exact) mass is 400 g/mol. The van der Waals surface area contributed by atoms with E-state index < -0.39 is 34.8 Å². The molecule has 1 saturated heterocycles. The van der Waals surface area contributed by atoms with Crippen LogP contribution in [0.4, 0.5) is 0 Å². The number of hydrogen-bond acceptors (Lipinski definition) is 7. The number of methoxy groups -OCH3 is 2. The van der Waals surface area contributed by atoms with Crippen molar-refractivity contribution in [2.45, 2.75) is 32.3 Å². The fourth-order valence-corrected chi connectivity index (χ4v) is 5.51. The van der Waals surface area contributed by atoms with Crippen LogP contribution in [-0.2, 0) is 28.6 Å². The van der Waals surface area contributed by atoms with Gasteiger partial charge in [0.2, 0.25) is 0 Å². The van der Waals surface area contributed by atoms with Gasteiger partial charge in [0.25, 0.3) is 0 Å². The number of carbonyl (C=O) groups is 3. The first kappa shape index (κ1) is 19.5. The van der Waals surface area contributed by atoms with Gasteiger partial charge in [0.05, 0.1) is 37.7 Å². The number of carbonyl (C=O) groups excluding carboxylic acids is 3. The van der Waals surface area contributed by atoms with E-state index in [1.54, 1.807) is 24.5 Å². The number of hydrogen-bond donors (Lipinski definition) is 0. The fraction of sp³-hybridized carbons (Fsp3) is 0.500. The number of furan rings is 1. The van der Waals surface area contributed by atoms with E-state index in [1.807, 2.05) is 13.0 Å². The van der Waals surface area contributed by atoms with Crippen LogP contribution in [0.1, 0.15) is 37.9 Å². The van der Waals surface area contributed by atoms with Crippen LogP contribution in [0.15, 0.2) is 46.8 Å². The Labute approximate surface area is 168 Å². The molecule has 3 aliphatic rings. The van der Waals surface area contributed by atoms with Gasteiger partial charge in [-0.3, -0.25) is 9.59 Å². The van der Waals surface area contributed by atoms with Gasteiger partial charge in [0.15, 0.2) is 0 Å². The Bertz CT molecular complexity index is 896. The van der Waals surface area contributed by atoms with Gasteiger partial charge >= 0.3 is 17.9 Å². The lowest BCUT2D eigenvalue weighted by Gasteiger charge is -2.53. The summed E-state index contributed by atoms with van der Waals surface area (Å²) in [5, 5.41) is 0. The average Bonchev–Trinajstić information content (AvgIpc) is 3.38. The first-order valence-electron chi connectivity index (χ1n) is 9.70. The summed E-state index contributed by atoms with van der Waals surface area (Å²) in [4.78, 5) is 39.1. The summed E-state index contributed by atoms with van der Waals surface area (Å²) in [7, 11) is 2.58. The molecule has 5 atom stereocenters. The molecule has 2 aliphatic carbocycles. The van der Waals surface area contributed by atoms with Gasteiger partial charge in [0.1, 0.15) is 11.5 Å². The SMILES string of the molecule is COC(=O)C1=CC=CC2C1(C(=O)OC)CCC(C)C21CC(c2ccoc2)OC1=O. The summed E-state index contributed by atoms with van der Waals surface area (Å²) in [5.74, 6) is -2.10. The zero-order chi connectivity index (χ0) is 20.8. The molecule has 1 spiro atoms. The van der Waals surface area contributed by atoms with Crippen molar-refractivity contribution in [3.05, 3.63) is 48.0 Å². The number of allylic oxidation sites excluding steroid dienone is 3. The minimum Gasteiger partial charge on any atom is -0.472 e. The van der Waals surface area contributed by atoms with E-state index in [0.29, 0.717) is 19.3 Å². The van der Waals surface area contributed by atoms with Crippen molar-refractivity contribution >= 4 is 17.9 Å². The molecule has 1 aromatic rings. The van der Waals surface area contributed by atoms with Crippen LogP contribution < -0.4 is 0 Å². The molecule has 0 amide bonds. The number of rotatable bonds is 3. The molecule has 154 valence electrons. The van der Waals surface area contributed by atoms with Crippen LogP contribution in [-0.4, -0.2) is 32.1 Å². The Morgan fingerprint density at radius 2 is 2.03 bits per heavy atom. The number of ether oxygens (including phenoxy) is 3. The molecule has 4 rings (SSSR count). The van der Waals surface area contributed by atoms with Crippen molar-refractivity contribution in [2.24, 2.45) is 22.7 Å². The quantitative estimate of drug-likeness (QED) is 0.568. The standard InChI is InChI=1S/C22H24O7/c1-13-7-9-21(19(24)27-3)15(18(23)26-2)5-4-6-17(21)22(13)11-16(29-20(22)25)14-8-10-28-12-14/h4-6,8,10,12-13,16-17H,7,9,11H2,1-3H3. The van der Waals surface area contributed by atoms with Gasteiger partial charge < -0.3 is 18.6 Å². The van der Waals surface area contributed by atoms with Gasteiger partial charge in [-0.25, -0.2) is 4.79 Å². The van der Waals surface area contributed by atoms with Gasteiger partial charge in [-0.2, -0.15) is 0 Å². The zero-order valence-electron chi connectivity index (χ0n) is 16.7. The van der Waals surface area contributed by atoms with Crippen LogP contribution in [0.2, 0.25) is 0 Å². The molecule has 29 heavy (non-hydrogen) atoms. The molecule has 5 unspecified atom stereocenters. The predicted octanol–water partition coefficient (Wildman–Crippen LogP) is 3.13. The fourth-order valence-electron chi connectivity index (χ4n) is 5.51. The minimum absolute atomic E-state index is 0.0451. The van der Waals surface area contributed by atoms with Crippen molar-refractivity contribution < 1.29 is 33.0 Å². The highest BCUT2D eigenvalue weighted by molar-refractivity contribution is 6.00. The molecular formula is C22H24O7. The highest BCUT2D eigenvalue weighted by Crippen LogP contribution is 2.65. The van der Waals surface area contributed by atoms with E-state index in [2.05, 4.69) is 0 Å². The van der Waals surface area contributed by atoms with Crippen LogP contribution in [0.25, 0.3) is 0 Å². The second-order valence-electron chi connectivity index (χ2n) is 8.03. The van der Waals surface area contributed by atoms with E-state index in [1.165, 1.54) is 20.5 Å². The van der Waals surface area contributed by atoms with Crippen molar-refractivity contribution in [1.82, 2.24) is 0 Å². The Hall–Kier alpha value is -2.83.